The van der Waals surface area contributed by atoms with Crippen LogP contribution in [0.15, 0.2) is 204 Å². The number of anilines is 6. The van der Waals surface area contributed by atoms with E-state index in [1.807, 2.05) is 60.9 Å². The Balaban J connectivity index is 1.01. The van der Waals surface area contributed by atoms with Crippen LogP contribution < -0.4 is 15.2 Å². The van der Waals surface area contributed by atoms with Crippen molar-refractivity contribution < 1.29 is 4.42 Å². The van der Waals surface area contributed by atoms with Crippen LogP contribution in [0.4, 0.5) is 34.1 Å². The number of benzene rings is 7. The average Bonchev–Trinajstić information content (AvgIpc) is 3.62. The molecule has 5 heterocycles. The molecule has 0 radical (unpaired) electrons. The number of nitrogens with zero attached hydrogens (tertiary/aromatic N) is 4. The van der Waals surface area contributed by atoms with E-state index in [1.165, 1.54) is 11.1 Å². The lowest BCUT2D eigenvalue weighted by Gasteiger charge is -2.45. The SMILES string of the molecule is CC1(C)c2ccccc2N(c2ccc3c(=O)c4ccc(-c5ccc6c(c5)C5(c7ccccc7N6c6ccccc6)c6cccnc6-c6ncccc65)cc4oc3c2)c2ccccc21. The summed E-state index contributed by atoms with van der Waals surface area (Å²) in [5.74, 6) is 0. The summed E-state index contributed by atoms with van der Waals surface area (Å²) in [6, 6.07) is 63.6. The van der Waals surface area contributed by atoms with Gasteiger partial charge in [0.05, 0.1) is 50.3 Å². The number of para-hydroxylation sites is 4. The highest BCUT2D eigenvalue weighted by Gasteiger charge is 2.53. The van der Waals surface area contributed by atoms with Crippen LogP contribution in [0.3, 0.4) is 0 Å². The van der Waals surface area contributed by atoms with E-state index in [9.17, 15) is 4.79 Å². The maximum Gasteiger partial charge on any atom is 0.200 e. The first-order valence-corrected chi connectivity index (χ1v) is 21.4. The lowest BCUT2D eigenvalue weighted by molar-refractivity contribution is 0.631. The molecule has 7 aromatic carbocycles. The number of fused-ring (bicyclic) bond motifs is 13. The van der Waals surface area contributed by atoms with Crippen LogP contribution in [-0.4, -0.2) is 9.97 Å². The second kappa shape index (κ2) is 13.0. The minimum absolute atomic E-state index is 0.0522. The van der Waals surface area contributed by atoms with Crippen molar-refractivity contribution in [2.24, 2.45) is 0 Å². The highest BCUT2D eigenvalue weighted by Crippen LogP contribution is 2.63. The molecule has 10 aromatic rings. The van der Waals surface area contributed by atoms with Crippen molar-refractivity contribution in [3.8, 4) is 22.5 Å². The van der Waals surface area contributed by atoms with Gasteiger partial charge in [0.15, 0.2) is 0 Å². The average molecular weight is 811 g/mol. The summed E-state index contributed by atoms with van der Waals surface area (Å²) in [6.07, 6.45) is 3.72. The van der Waals surface area contributed by atoms with Crippen LogP contribution in [0.25, 0.3) is 44.5 Å². The Morgan fingerprint density at radius 2 is 0.921 bits per heavy atom. The second-order valence-electron chi connectivity index (χ2n) is 17.3. The lowest BCUT2D eigenvalue weighted by Crippen LogP contribution is -2.36. The molecule has 0 atom stereocenters. The van der Waals surface area contributed by atoms with Gasteiger partial charge in [0.2, 0.25) is 5.43 Å². The molecule has 63 heavy (non-hydrogen) atoms. The molecule has 6 nitrogen and oxygen atoms in total. The molecular formula is C57H38N4O2. The topological polar surface area (TPSA) is 62.5 Å². The van der Waals surface area contributed by atoms with Crippen molar-refractivity contribution in [1.29, 1.82) is 0 Å². The van der Waals surface area contributed by atoms with E-state index in [0.29, 0.717) is 21.9 Å². The zero-order chi connectivity index (χ0) is 42.0. The first kappa shape index (κ1) is 35.6. The maximum absolute atomic E-state index is 14.3. The Morgan fingerprint density at radius 3 is 1.59 bits per heavy atom. The summed E-state index contributed by atoms with van der Waals surface area (Å²) in [5, 5.41) is 1.10. The molecular weight excluding hydrogens is 773 g/mol. The highest BCUT2D eigenvalue weighted by atomic mass is 16.3. The predicted octanol–water partition coefficient (Wildman–Crippen LogP) is 13.7. The van der Waals surface area contributed by atoms with Crippen molar-refractivity contribution in [2.45, 2.75) is 24.7 Å². The van der Waals surface area contributed by atoms with Gasteiger partial charge in [-0.3, -0.25) is 14.8 Å². The molecule has 0 saturated carbocycles. The van der Waals surface area contributed by atoms with E-state index in [4.69, 9.17) is 14.4 Å². The molecule has 3 aliphatic rings. The van der Waals surface area contributed by atoms with E-state index in [1.54, 1.807) is 0 Å². The van der Waals surface area contributed by atoms with Gasteiger partial charge >= 0.3 is 0 Å². The van der Waals surface area contributed by atoms with Crippen LogP contribution in [0.5, 0.6) is 0 Å². The Kier molecular flexibility index (Phi) is 7.33. The lowest BCUT2D eigenvalue weighted by atomic mass is 9.64. The smallest absolute Gasteiger partial charge is 0.200 e. The molecule has 0 bridgehead atoms. The van der Waals surface area contributed by atoms with Gasteiger partial charge in [-0.1, -0.05) is 111 Å². The number of rotatable bonds is 3. The molecule has 0 saturated heterocycles. The maximum atomic E-state index is 14.3. The molecule has 298 valence electrons. The van der Waals surface area contributed by atoms with Crippen molar-refractivity contribution >= 4 is 56.1 Å². The first-order valence-electron chi connectivity index (χ1n) is 21.4. The van der Waals surface area contributed by atoms with E-state index in [-0.39, 0.29) is 10.8 Å². The standard InChI is InChI=1S/C57H38N4O2/c1-56(2)41-16-6-9-21-47(41)61(48-22-10-7-17-42(48)56)38-26-28-40-52(34-38)63-51-33-36(24-27-39(51)55(40)62)35-25-29-50-46(32-35)57(44-19-12-30-58-53(44)54-45(57)20-13-31-59-54)43-18-8-11-23-49(43)60(50)37-14-4-3-5-15-37/h3-34H,1-2H3. The normalized spacial score (nSPS) is 14.8. The fraction of sp³-hybridized carbons (Fsp3) is 0.0702. The molecule has 0 unspecified atom stereocenters. The van der Waals surface area contributed by atoms with Gasteiger partial charge in [0, 0.05) is 35.2 Å². The van der Waals surface area contributed by atoms with Gasteiger partial charge in [-0.05, 0) is 123 Å². The Bertz CT molecular complexity index is 3520. The summed E-state index contributed by atoms with van der Waals surface area (Å²) in [4.78, 5) is 28.9. The zero-order valence-electron chi connectivity index (χ0n) is 34.6. The number of hydrogen-bond donors (Lipinski definition) is 0. The van der Waals surface area contributed by atoms with Gasteiger partial charge < -0.3 is 14.2 Å². The summed E-state index contributed by atoms with van der Waals surface area (Å²) < 4.78 is 6.81. The van der Waals surface area contributed by atoms with Gasteiger partial charge in [-0.25, -0.2) is 0 Å². The monoisotopic (exact) mass is 810 g/mol. The number of hydrogen-bond acceptors (Lipinski definition) is 6. The molecule has 0 amide bonds. The molecule has 3 aromatic heterocycles. The van der Waals surface area contributed by atoms with Gasteiger partial charge in [-0.15, -0.1) is 0 Å². The minimum atomic E-state index is -0.697. The van der Waals surface area contributed by atoms with Crippen LogP contribution in [0, 0.1) is 0 Å². The van der Waals surface area contributed by atoms with Crippen LogP contribution in [0.1, 0.15) is 47.2 Å². The largest absolute Gasteiger partial charge is 0.456 e. The third kappa shape index (κ3) is 4.80. The molecule has 0 N–H and O–H groups in total. The fourth-order valence-corrected chi connectivity index (χ4v) is 11.0. The van der Waals surface area contributed by atoms with Crippen molar-refractivity contribution in [2.75, 3.05) is 9.80 Å². The first-order chi connectivity index (χ1) is 30.9. The Labute approximate surface area is 364 Å². The van der Waals surface area contributed by atoms with Crippen LogP contribution >= 0.6 is 0 Å². The number of pyridine rings is 2. The van der Waals surface area contributed by atoms with Crippen molar-refractivity contribution in [3.05, 3.63) is 238 Å². The third-order valence-electron chi connectivity index (χ3n) is 13.7. The highest BCUT2D eigenvalue weighted by molar-refractivity contribution is 5.98. The summed E-state index contributed by atoms with van der Waals surface area (Å²) in [5.41, 5.74) is 17.3. The molecule has 1 aliphatic carbocycles. The van der Waals surface area contributed by atoms with Crippen molar-refractivity contribution in [3.63, 3.8) is 0 Å². The van der Waals surface area contributed by atoms with Gasteiger partial charge in [0.1, 0.15) is 11.2 Å². The number of aromatic nitrogens is 2. The summed E-state index contributed by atoms with van der Waals surface area (Å²) >= 11 is 0. The van der Waals surface area contributed by atoms with Crippen LogP contribution in [0.2, 0.25) is 0 Å². The minimum Gasteiger partial charge on any atom is -0.456 e. The zero-order valence-corrected chi connectivity index (χ0v) is 34.6. The molecule has 6 heteroatoms. The van der Waals surface area contributed by atoms with Gasteiger partial charge in [-0.2, -0.15) is 0 Å². The Hall–Kier alpha value is -8.09. The van der Waals surface area contributed by atoms with E-state index >= 15 is 0 Å². The second-order valence-corrected chi connectivity index (χ2v) is 17.3. The molecule has 13 rings (SSSR count). The van der Waals surface area contributed by atoms with Gasteiger partial charge in [0.25, 0.3) is 0 Å². The molecule has 0 fully saturated rings. The van der Waals surface area contributed by atoms with E-state index in [0.717, 1.165) is 78.9 Å². The summed E-state index contributed by atoms with van der Waals surface area (Å²) in [6.45, 7) is 4.57. The van der Waals surface area contributed by atoms with E-state index < -0.39 is 5.41 Å². The van der Waals surface area contributed by atoms with Crippen LogP contribution in [-0.2, 0) is 10.8 Å². The summed E-state index contributed by atoms with van der Waals surface area (Å²) in [7, 11) is 0. The fourth-order valence-electron chi connectivity index (χ4n) is 11.0. The Morgan fingerprint density at radius 1 is 0.429 bits per heavy atom. The molecule has 1 spiro atoms. The molecule has 2 aliphatic heterocycles. The van der Waals surface area contributed by atoms with E-state index in [2.05, 4.69) is 157 Å². The quantitative estimate of drug-likeness (QED) is 0.166. The predicted molar refractivity (Wildman–Crippen MR) is 253 cm³/mol. The van der Waals surface area contributed by atoms with Crippen molar-refractivity contribution in [1.82, 2.24) is 9.97 Å². The third-order valence-corrected chi connectivity index (χ3v) is 13.7.